The number of amides is 2. The first-order valence-corrected chi connectivity index (χ1v) is 8.48. The molecule has 0 saturated heterocycles. The largest absolute Gasteiger partial charge is 0.481 e. The number of rotatable bonds is 13. The van der Waals surface area contributed by atoms with Gasteiger partial charge in [-0.2, -0.15) is 12.6 Å². The number of aliphatic carboxylic acids is 2. The number of hydrogen-bond acceptors (Lipinski definition) is 7. The van der Waals surface area contributed by atoms with Gasteiger partial charge < -0.3 is 32.3 Å². The van der Waals surface area contributed by atoms with Crippen LogP contribution in [0.15, 0.2) is 0 Å². The number of carboxylic acids is 2. The van der Waals surface area contributed by atoms with Crippen LogP contribution in [0.5, 0.6) is 0 Å². The number of hydrogen-bond donors (Lipinski definition) is 7. The molecule has 0 fully saturated rings. The van der Waals surface area contributed by atoms with Crippen molar-refractivity contribution in [1.29, 1.82) is 0 Å². The van der Waals surface area contributed by atoms with Gasteiger partial charge in [0.2, 0.25) is 11.8 Å². The lowest BCUT2D eigenvalue weighted by Crippen LogP contribution is -2.55. The van der Waals surface area contributed by atoms with Crippen LogP contribution in [0.25, 0.3) is 0 Å². The van der Waals surface area contributed by atoms with E-state index in [-0.39, 0.29) is 12.2 Å². The molecule has 0 aromatic rings. The summed E-state index contributed by atoms with van der Waals surface area (Å²) in [5.74, 6) is -3.93. The quantitative estimate of drug-likeness (QED) is 0.146. The summed E-state index contributed by atoms with van der Waals surface area (Å²) in [6.07, 6.45) is 1.10. The normalized spacial score (nSPS) is 14.2. The van der Waals surface area contributed by atoms with E-state index < -0.39 is 48.3 Å². The Morgan fingerprint density at radius 2 is 1.56 bits per heavy atom. The lowest BCUT2D eigenvalue weighted by Gasteiger charge is -2.21. The van der Waals surface area contributed by atoms with Crippen LogP contribution in [-0.2, 0) is 19.2 Å². The molecule has 25 heavy (non-hydrogen) atoms. The highest BCUT2D eigenvalue weighted by atomic mass is 32.1. The summed E-state index contributed by atoms with van der Waals surface area (Å²) < 4.78 is 0. The summed E-state index contributed by atoms with van der Waals surface area (Å²) in [5, 5.41) is 22.2. The monoisotopic (exact) mass is 378 g/mol. The van der Waals surface area contributed by atoms with E-state index in [4.69, 9.17) is 21.7 Å². The Hall–Kier alpha value is -1.85. The summed E-state index contributed by atoms with van der Waals surface area (Å²) >= 11 is 3.97. The predicted molar refractivity (Wildman–Crippen MR) is 93.1 cm³/mol. The Bertz CT molecular complexity index is 476. The molecule has 0 aliphatic heterocycles. The average molecular weight is 378 g/mol. The highest BCUT2D eigenvalue weighted by molar-refractivity contribution is 7.80. The van der Waals surface area contributed by atoms with E-state index >= 15 is 0 Å². The molecule has 10 nitrogen and oxygen atoms in total. The maximum Gasteiger partial charge on any atom is 0.326 e. The van der Waals surface area contributed by atoms with Gasteiger partial charge in [0.1, 0.15) is 12.1 Å². The van der Waals surface area contributed by atoms with Crippen molar-refractivity contribution in [1.82, 2.24) is 10.6 Å². The second kappa shape index (κ2) is 12.5. The highest BCUT2D eigenvalue weighted by Gasteiger charge is 2.27. The third-order valence-corrected chi connectivity index (χ3v) is 3.75. The first kappa shape index (κ1) is 23.1. The number of unbranched alkanes of at least 4 members (excludes halogenated alkanes) is 1. The maximum absolute atomic E-state index is 12.1. The Balaban J connectivity index is 4.63. The van der Waals surface area contributed by atoms with Gasteiger partial charge in [-0.15, -0.1) is 0 Å². The number of carboxylic acid groups (broad SMARTS) is 2. The van der Waals surface area contributed by atoms with Crippen LogP contribution in [-0.4, -0.2) is 64.4 Å². The molecule has 8 N–H and O–H groups in total. The summed E-state index contributed by atoms with van der Waals surface area (Å²) in [6.45, 7) is 0.489. The SMILES string of the molecule is NCCCCC(N)C(=O)NC(CS)C(=O)NC(CCC(=O)O)C(=O)O. The molecular formula is C14H26N4O6S. The summed E-state index contributed by atoms with van der Waals surface area (Å²) in [7, 11) is 0. The molecule has 2 amide bonds. The first-order valence-electron chi connectivity index (χ1n) is 7.84. The van der Waals surface area contributed by atoms with Crippen LogP contribution < -0.4 is 22.1 Å². The lowest BCUT2D eigenvalue weighted by molar-refractivity contribution is -0.143. The number of nitrogens with two attached hydrogens (primary N) is 2. The van der Waals surface area contributed by atoms with Crippen molar-refractivity contribution in [2.24, 2.45) is 11.5 Å². The molecule has 11 heteroatoms. The smallest absolute Gasteiger partial charge is 0.326 e. The van der Waals surface area contributed by atoms with Crippen molar-refractivity contribution in [2.75, 3.05) is 12.3 Å². The molecule has 3 unspecified atom stereocenters. The zero-order valence-corrected chi connectivity index (χ0v) is 14.7. The second-order valence-corrected chi connectivity index (χ2v) is 5.83. The number of thiol groups is 1. The fraction of sp³-hybridized carbons (Fsp3) is 0.714. The Morgan fingerprint density at radius 3 is 2.04 bits per heavy atom. The third kappa shape index (κ3) is 9.89. The van der Waals surface area contributed by atoms with Crippen LogP contribution >= 0.6 is 12.6 Å². The van der Waals surface area contributed by atoms with Crippen LogP contribution in [0.1, 0.15) is 32.1 Å². The molecule has 0 aliphatic rings. The number of carbonyl (C=O) groups is 4. The summed E-state index contributed by atoms with van der Waals surface area (Å²) in [4.78, 5) is 45.7. The molecule has 0 radical (unpaired) electrons. The number of carbonyl (C=O) groups excluding carboxylic acids is 2. The van der Waals surface area contributed by atoms with Crippen molar-refractivity contribution in [3.05, 3.63) is 0 Å². The fourth-order valence-corrected chi connectivity index (χ4v) is 2.17. The molecule has 0 rings (SSSR count). The first-order chi connectivity index (χ1) is 11.7. The minimum absolute atomic E-state index is 0.0711. The van der Waals surface area contributed by atoms with Gasteiger partial charge in [0, 0.05) is 12.2 Å². The van der Waals surface area contributed by atoms with Crippen molar-refractivity contribution in [2.45, 2.75) is 50.2 Å². The van der Waals surface area contributed by atoms with Crippen molar-refractivity contribution >= 4 is 36.4 Å². The van der Waals surface area contributed by atoms with Crippen molar-refractivity contribution < 1.29 is 29.4 Å². The molecule has 144 valence electrons. The van der Waals surface area contributed by atoms with E-state index in [2.05, 4.69) is 23.3 Å². The van der Waals surface area contributed by atoms with Crippen LogP contribution in [0.4, 0.5) is 0 Å². The van der Waals surface area contributed by atoms with E-state index in [1.807, 2.05) is 0 Å². The van der Waals surface area contributed by atoms with Gasteiger partial charge in [-0.05, 0) is 25.8 Å². The van der Waals surface area contributed by atoms with Crippen LogP contribution in [0.2, 0.25) is 0 Å². The molecule has 0 aromatic carbocycles. The van der Waals surface area contributed by atoms with E-state index in [0.29, 0.717) is 19.4 Å². The van der Waals surface area contributed by atoms with Gasteiger partial charge >= 0.3 is 11.9 Å². The van der Waals surface area contributed by atoms with Crippen molar-refractivity contribution in [3.63, 3.8) is 0 Å². The highest BCUT2D eigenvalue weighted by Crippen LogP contribution is 2.02. The van der Waals surface area contributed by atoms with Crippen molar-refractivity contribution in [3.8, 4) is 0 Å². The molecule has 0 bridgehead atoms. The summed E-state index contributed by atoms with van der Waals surface area (Å²) in [5.41, 5.74) is 11.1. The van der Waals surface area contributed by atoms with E-state index in [9.17, 15) is 19.2 Å². The van der Waals surface area contributed by atoms with E-state index in [1.165, 1.54) is 0 Å². The molecule has 3 atom stereocenters. The zero-order chi connectivity index (χ0) is 19.4. The average Bonchev–Trinajstić information content (AvgIpc) is 2.55. The standard InChI is InChI=1S/C14H26N4O6S/c15-6-2-1-3-8(16)12(21)18-10(7-25)13(22)17-9(14(23)24)4-5-11(19)20/h8-10,25H,1-7,15-16H2,(H,17,22)(H,18,21)(H,19,20)(H,23,24). The van der Waals surface area contributed by atoms with E-state index in [1.54, 1.807) is 0 Å². The molecule has 0 saturated carbocycles. The molecule has 0 aliphatic carbocycles. The zero-order valence-electron chi connectivity index (χ0n) is 13.8. The fourth-order valence-electron chi connectivity index (χ4n) is 1.91. The molecule has 0 heterocycles. The van der Waals surface area contributed by atoms with Gasteiger partial charge in [-0.3, -0.25) is 14.4 Å². The maximum atomic E-state index is 12.1. The van der Waals surface area contributed by atoms with Crippen LogP contribution in [0.3, 0.4) is 0 Å². The minimum Gasteiger partial charge on any atom is -0.481 e. The van der Waals surface area contributed by atoms with Crippen LogP contribution in [0, 0.1) is 0 Å². The molecular weight excluding hydrogens is 352 g/mol. The predicted octanol–water partition coefficient (Wildman–Crippen LogP) is -1.71. The minimum atomic E-state index is -1.37. The third-order valence-electron chi connectivity index (χ3n) is 3.38. The van der Waals surface area contributed by atoms with Gasteiger partial charge in [-0.1, -0.05) is 6.42 Å². The van der Waals surface area contributed by atoms with E-state index in [0.717, 1.165) is 6.42 Å². The van der Waals surface area contributed by atoms with Gasteiger partial charge in [0.25, 0.3) is 0 Å². The second-order valence-electron chi connectivity index (χ2n) is 5.47. The van der Waals surface area contributed by atoms with Gasteiger partial charge in [0.05, 0.1) is 6.04 Å². The topological polar surface area (TPSA) is 185 Å². The Morgan fingerprint density at radius 1 is 0.960 bits per heavy atom. The molecule has 0 spiro atoms. The Labute approximate surface area is 151 Å². The lowest BCUT2D eigenvalue weighted by atomic mass is 10.1. The van der Waals surface area contributed by atoms with Gasteiger partial charge in [0.15, 0.2) is 0 Å². The summed E-state index contributed by atoms with van der Waals surface area (Å²) in [6, 6.07) is -3.27. The Kier molecular flexibility index (Phi) is 11.6. The van der Waals surface area contributed by atoms with Gasteiger partial charge in [-0.25, -0.2) is 4.79 Å². The number of nitrogens with one attached hydrogen (secondary N) is 2. The molecule has 0 aromatic heterocycles.